The van der Waals surface area contributed by atoms with Crippen molar-refractivity contribution in [2.75, 3.05) is 13.7 Å². The first-order chi connectivity index (χ1) is 11.9. The summed E-state index contributed by atoms with van der Waals surface area (Å²) in [5, 5.41) is 9.41. The molecule has 0 radical (unpaired) electrons. The molecule has 4 aliphatic rings. The summed E-state index contributed by atoms with van der Waals surface area (Å²) >= 11 is 0. The van der Waals surface area contributed by atoms with Crippen LogP contribution in [-0.2, 0) is 9.53 Å². The first-order valence-electron chi connectivity index (χ1n) is 10.3. The smallest absolute Gasteiger partial charge is 0.161 e. The molecular formula is C22H34O3. The molecule has 0 unspecified atom stereocenters. The molecule has 3 fully saturated rings. The van der Waals surface area contributed by atoms with Crippen LogP contribution < -0.4 is 0 Å². The van der Waals surface area contributed by atoms with Gasteiger partial charge in [-0.05, 0) is 80.0 Å². The number of aliphatic hydroxyl groups is 1. The van der Waals surface area contributed by atoms with E-state index in [9.17, 15) is 9.90 Å². The molecule has 0 heterocycles. The SMILES string of the molecule is CO[C@H]1CC[C@@]2(C)C(=CC[C@H]3[C@@H]4CC[C@H](C(=O)CO)[C@@]4(C)CC[C@@H]32)C1. The van der Waals surface area contributed by atoms with E-state index in [-0.39, 0.29) is 23.7 Å². The van der Waals surface area contributed by atoms with Crippen molar-refractivity contribution in [3.05, 3.63) is 11.6 Å². The molecule has 3 saturated carbocycles. The number of rotatable bonds is 3. The Hall–Kier alpha value is -0.670. The maximum Gasteiger partial charge on any atom is 0.161 e. The fourth-order valence-electron chi connectivity index (χ4n) is 7.47. The number of hydrogen-bond acceptors (Lipinski definition) is 3. The van der Waals surface area contributed by atoms with Gasteiger partial charge in [-0.1, -0.05) is 25.5 Å². The molecule has 0 aliphatic heterocycles. The van der Waals surface area contributed by atoms with Crippen molar-refractivity contribution in [1.29, 1.82) is 0 Å². The lowest BCUT2D eigenvalue weighted by molar-refractivity contribution is -0.132. The minimum absolute atomic E-state index is 0.0855. The van der Waals surface area contributed by atoms with E-state index < -0.39 is 0 Å². The monoisotopic (exact) mass is 346 g/mol. The standard InChI is InChI=1S/C22H34O3/c1-21-10-8-15(25-3)12-14(21)4-5-16-17-6-7-19(20(24)13-23)22(17,2)11-9-18(16)21/h4,15-19,23H,5-13H2,1-3H3/t15-,16-,17-,18-,19+,21-,22-/m0/s1. The topological polar surface area (TPSA) is 46.5 Å². The molecule has 0 aromatic heterocycles. The number of fused-ring (bicyclic) bond motifs is 5. The molecule has 0 aromatic carbocycles. The molecule has 0 aromatic rings. The van der Waals surface area contributed by atoms with E-state index in [4.69, 9.17) is 4.74 Å². The van der Waals surface area contributed by atoms with E-state index in [1.165, 1.54) is 32.1 Å². The van der Waals surface area contributed by atoms with Gasteiger partial charge >= 0.3 is 0 Å². The highest BCUT2D eigenvalue weighted by atomic mass is 16.5. The maximum atomic E-state index is 12.3. The highest BCUT2D eigenvalue weighted by Gasteiger charge is 2.59. The zero-order chi connectivity index (χ0) is 17.8. The van der Waals surface area contributed by atoms with Gasteiger partial charge in [0.15, 0.2) is 5.78 Å². The van der Waals surface area contributed by atoms with Crippen LogP contribution in [0.2, 0.25) is 0 Å². The van der Waals surface area contributed by atoms with Crippen molar-refractivity contribution in [2.45, 2.75) is 71.3 Å². The van der Waals surface area contributed by atoms with Crippen LogP contribution in [0.3, 0.4) is 0 Å². The molecule has 0 saturated heterocycles. The van der Waals surface area contributed by atoms with Gasteiger partial charge in [0.25, 0.3) is 0 Å². The fraction of sp³-hybridized carbons (Fsp3) is 0.864. The van der Waals surface area contributed by atoms with E-state index in [2.05, 4.69) is 19.9 Å². The van der Waals surface area contributed by atoms with Gasteiger partial charge in [-0.3, -0.25) is 4.79 Å². The van der Waals surface area contributed by atoms with Crippen molar-refractivity contribution in [2.24, 2.45) is 34.5 Å². The lowest BCUT2D eigenvalue weighted by Crippen LogP contribution is -2.51. The number of Topliss-reactive ketones (excluding diaryl/α,β-unsaturated/α-hetero) is 1. The molecular weight excluding hydrogens is 312 g/mol. The molecule has 4 rings (SSSR count). The zero-order valence-corrected chi connectivity index (χ0v) is 16.1. The number of allylic oxidation sites excluding steroid dienone is 1. The average Bonchev–Trinajstić information content (AvgIpc) is 2.97. The van der Waals surface area contributed by atoms with Crippen molar-refractivity contribution >= 4 is 5.78 Å². The van der Waals surface area contributed by atoms with Crippen LogP contribution in [0.15, 0.2) is 11.6 Å². The molecule has 3 heteroatoms. The van der Waals surface area contributed by atoms with Crippen molar-refractivity contribution in [3.63, 3.8) is 0 Å². The quantitative estimate of drug-likeness (QED) is 0.781. The minimum atomic E-state index is -0.277. The van der Waals surface area contributed by atoms with Gasteiger partial charge in [-0.15, -0.1) is 0 Å². The second-order valence-corrected chi connectivity index (χ2v) is 9.66. The number of ketones is 1. The van der Waals surface area contributed by atoms with E-state index in [0.717, 1.165) is 31.1 Å². The lowest BCUT2D eigenvalue weighted by Gasteiger charge is -2.58. The summed E-state index contributed by atoms with van der Waals surface area (Å²) in [7, 11) is 1.85. The second-order valence-electron chi connectivity index (χ2n) is 9.66. The van der Waals surface area contributed by atoms with Gasteiger partial charge in [-0.2, -0.15) is 0 Å². The predicted molar refractivity (Wildman–Crippen MR) is 98.1 cm³/mol. The summed E-state index contributed by atoms with van der Waals surface area (Å²) in [5.41, 5.74) is 2.11. The number of hydrogen-bond donors (Lipinski definition) is 1. The van der Waals surface area contributed by atoms with Crippen LogP contribution in [-0.4, -0.2) is 30.7 Å². The van der Waals surface area contributed by atoms with Crippen LogP contribution in [0, 0.1) is 34.5 Å². The van der Waals surface area contributed by atoms with Gasteiger partial charge in [0.1, 0.15) is 6.61 Å². The Balaban J connectivity index is 1.62. The normalized spacial score (nSPS) is 49.0. The number of methoxy groups -OCH3 is 1. The van der Waals surface area contributed by atoms with Gasteiger partial charge in [0, 0.05) is 13.0 Å². The zero-order valence-electron chi connectivity index (χ0n) is 16.1. The lowest BCUT2D eigenvalue weighted by atomic mass is 9.47. The summed E-state index contributed by atoms with van der Waals surface area (Å²) in [5.74, 6) is 2.32. The van der Waals surface area contributed by atoms with Crippen molar-refractivity contribution in [1.82, 2.24) is 0 Å². The Morgan fingerprint density at radius 2 is 2.00 bits per heavy atom. The van der Waals surface area contributed by atoms with Crippen LogP contribution in [0.4, 0.5) is 0 Å². The molecule has 0 amide bonds. The molecule has 140 valence electrons. The number of carbonyl (C=O) groups excluding carboxylic acids is 1. The van der Waals surface area contributed by atoms with Gasteiger partial charge in [0.2, 0.25) is 0 Å². The third-order valence-corrected chi connectivity index (χ3v) is 8.94. The average molecular weight is 347 g/mol. The number of carbonyl (C=O) groups is 1. The van der Waals surface area contributed by atoms with Crippen LogP contribution in [0.1, 0.15) is 65.2 Å². The molecule has 1 N–H and O–H groups in total. The van der Waals surface area contributed by atoms with Crippen molar-refractivity contribution in [3.8, 4) is 0 Å². The highest BCUT2D eigenvalue weighted by Crippen LogP contribution is 2.66. The highest BCUT2D eigenvalue weighted by molar-refractivity contribution is 5.83. The Bertz CT molecular complexity index is 582. The molecule has 0 spiro atoms. The first kappa shape index (κ1) is 17.7. The summed E-state index contributed by atoms with van der Waals surface area (Å²) in [6.07, 6.45) is 12.3. The van der Waals surface area contributed by atoms with Gasteiger partial charge < -0.3 is 9.84 Å². The van der Waals surface area contributed by atoms with Crippen LogP contribution in [0.5, 0.6) is 0 Å². The first-order valence-corrected chi connectivity index (χ1v) is 10.3. The summed E-state index contributed by atoms with van der Waals surface area (Å²) < 4.78 is 5.66. The second kappa shape index (κ2) is 6.20. The predicted octanol–water partition coefficient (Wildman–Crippen LogP) is 4.14. The summed E-state index contributed by atoms with van der Waals surface area (Å²) in [4.78, 5) is 12.3. The maximum absolute atomic E-state index is 12.3. The third kappa shape index (κ3) is 2.49. The third-order valence-electron chi connectivity index (χ3n) is 8.94. The molecule has 3 nitrogen and oxygen atoms in total. The van der Waals surface area contributed by atoms with Crippen molar-refractivity contribution < 1.29 is 14.6 Å². The van der Waals surface area contributed by atoms with E-state index in [1.54, 1.807) is 5.57 Å². The van der Waals surface area contributed by atoms with E-state index in [0.29, 0.717) is 17.4 Å². The number of aliphatic hydroxyl groups excluding tert-OH is 1. The van der Waals surface area contributed by atoms with Gasteiger partial charge in [0.05, 0.1) is 6.10 Å². The summed E-state index contributed by atoms with van der Waals surface area (Å²) in [6.45, 7) is 4.58. The Morgan fingerprint density at radius 1 is 1.20 bits per heavy atom. The van der Waals surface area contributed by atoms with E-state index >= 15 is 0 Å². The van der Waals surface area contributed by atoms with E-state index in [1.807, 2.05) is 7.11 Å². The molecule has 4 aliphatic carbocycles. The van der Waals surface area contributed by atoms with Crippen LogP contribution >= 0.6 is 0 Å². The Morgan fingerprint density at radius 3 is 2.72 bits per heavy atom. The molecule has 7 atom stereocenters. The largest absolute Gasteiger partial charge is 0.389 e. The minimum Gasteiger partial charge on any atom is -0.389 e. The summed E-state index contributed by atoms with van der Waals surface area (Å²) in [6, 6.07) is 0. The number of ether oxygens (including phenoxy) is 1. The Kier molecular flexibility index (Phi) is 4.39. The Labute approximate surface area is 152 Å². The van der Waals surface area contributed by atoms with Gasteiger partial charge in [-0.25, -0.2) is 0 Å². The molecule has 0 bridgehead atoms. The fourth-order valence-corrected chi connectivity index (χ4v) is 7.47. The molecule has 25 heavy (non-hydrogen) atoms. The van der Waals surface area contributed by atoms with Crippen LogP contribution in [0.25, 0.3) is 0 Å².